The maximum absolute atomic E-state index is 13.4. The Hall–Kier alpha value is -1.86. The van der Waals surface area contributed by atoms with Crippen molar-refractivity contribution in [3.8, 4) is 0 Å². The van der Waals surface area contributed by atoms with Crippen molar-refractivity contribution in [3.05, 3.63) is 52.5 Å². The predicted molar refractivity (Wildman–Crippen MR) is 74.3 cm³/mol. The van der Waals surface area contributed by atoms with Crippen molar-refractivity contribution in [3.63, 3.8) is 0 Å². The van der Waals surface area contributed by atoms with Crippen molar-refractivity contribution < 1.29 is 14.4 Å². The topological polar surface area (TPSA) is 67.4 Å². The quantitative estimate of drug-likeness (QED) is 0.752. The van der Waals surface area contributed by atoms with Crippen molar-refractivity contribution in [1.29, 1.82) is 0 Å². The van der Waals surface area contributed by atoms with E-state index in [1.807, 2.05) is 6.92 Å². The number of hydrogen-bond acceptors (Lipinski definition) is 3. The van der Waals surface area contributed by atoms with Gasteiger partial charge in [-0.15, -0.1) is 0 Å². The van der Waals surface area contributed by atoms with Crippen LogP contribution in [0.4, 0.5) is 4.39 Å². The van der Waals surface area contributed by atoms with E-state index in [1.54, 1.807) is 17.0 Å². The van der Waals surface area contributed by atoms with Gasteiger partial charge in [-0.2, -0.15) is 0 Å². The zero-order valence-electron chi connectivity index (χ0n) is 11.2. The third-order valence-electron chi connectivity index (χ3n) is 3.01. The highest BCUT2D eigenvalue weighted by molar-refractivity contribution is 6.58. The molecule has 0 amide bonds. The fraction of sp³-hybridized carbons (Fsp3) is 0.308. The minimum atomic E-state index is -1.73. The second-order valence-electron chi connectivity index (χ2n) is 4.67. The van der Waals surface area contributed by atoms with Crippen LogP contribution in [0.1, 0.15) is 18.9 Å². The van der Waals surface area contributed by atoms with E-state index >= 15 is 0 Å². The Kier molecular flexibility index (Phi) is 4.41. The monoisotopic (exact) mass is 278 g/mol. The summed E-state index contributed by atoms with van der Waals surface area (Å²) in [6, 6.07) is 3.80. The van der Waals surface area contributed by atoms with Crippen molar-refractivity contribution >= 4 is 12.6 Å². The van der Waals surface area contributed by atoms with Crippen molar-refractivity contribution in [1.82, 2.24) is 9.13 Å². The van der Waals surface area contributed by atoms with E-state index in [2.05, 4.69) is 0 Å². The lowest BCUT2D eigenvalue weighted by atomic mass is 9.79. The molecule has 1 aromatic heterocycles. The number of rotatable bonds is 5. The summed E-state index contributed by atoms with van der Waals surface area (Å²) in [4.78, 5) is 12.0. The first-order valence-electron chi connectivity index (χ1n) is 6.42. The molecule has 0 unspecified atom stereocenters. The molecule has 20 heavy (non-hydrogen) atoms. The summed E-state index contributed by atoms with van der Waals surface area (Å²) < 4.78 is 16.4. The van der Waals surface area contributed by atoms with Gasteiger partial charge >= 0.3 is 12.8 Å². The molecule has 106 valence electrons. The lowest BCUT2D eigenvalue weighted by Crippen LogP contribution is -2.31. The third-order valence-corrected chi connectivity index (χ3v) is 3.01. The standard InChI is InChI=1S/C13H16BFN2O3/c1-2-3-16-4-5-17(13(16)18)9-10-6-11(14(19)20)8-12(15)7-10/h4-8,19-20H,2-3,9H2,1H3. The minimum Gasteiger partial charge on any atom is -0.423 e. The van der Waals surface area contributed by atoms with Crippen LogP contribution in [0.15, 0.2) is 35.4 Å². The minimum absolute atomic E-state index is 0.0704. The summed E-state index contributed by atoms with van der Waals surface area (Å²) in [6.45, 7) is 2.80. The van der Waals surface area contributed by atoms with Gasteiger partial charge in [-0.25, -0.2) is 9.18 Å². The average molecular weight is 278 g/mol. The highest BCUT2D eigenvalue weighted by Gasteiger charge is 2.14. The molecule has 0 atom stereocenters. The Bertz CT molecular complexity index is 651. The molecule has 7 heteroatoms. The Balaban J connectivity index is 2.28. The zero-order chi connectivity index (χ0) is 14.7. The van der Waals surface area contributed by atoms with Crippen LogP contribution in [-0.4, -0.2) is 26.3 Å². The normalized spacial score (nSPS) is 10.8. The van der Waals surface area contributed by atoms with Gasteiger partial charge < -0.3 is 10.0 Å². The zero-order valence-corrected chi connectivity index (χ0v) is 11.2. The number of nitrogens with zero attached hydrogens (tertiary/aromatic N) is 2. The second-order valence-corrected chi connectivity index (χ2v) is 4.67. The molecule has 0 saturated carbocycles. The number of imidazole rings is 1. The molecule has 0 aliphatic carbocycles. The molecule has 5 nitrogen and oxygen atoms in total. The molecule has 2 N–H and O–H groups in total. The van der Waals surface area contributed by atoms with Crippen LogP contribution in [0, 0.1) is 5.82 Å². The molecular weight excluding hydrogens is 262 g/mol. The molecule has 0 fully saturated rings. The van der Waals surface area contributed by atoms with E-state index in [9.17, 15) is 9.18 Å². The maximum Gasteiger partial charge on any atom is 0.488 e. The Morgan fingerprint density at radius 1 is 1.20 bits per heavy atom. The van der Waals surface area contributed by atoms with Crippen LogP contribution in [0.5, 0.6) is 0 Å². The van der Waals surface area contributed by atoms with E-state index in [0.29, 0.717) is 12.1 Å². The molecule has 2 rings (SSSR count). The SMILES string of the molecule is CCCn1ccn(Cc2cc(F)cc(B(O)O)c2)c1=O. The number of aromatic nitrogens is 2. The van der Waals surface area contributed by atoms with Crippen molar-refractivity contribution in [2.45, 2.75) is 26.4 Å². The smallest absolute Gasteiger partial charge is 0.423 e. The molecule has 1 heterocycles. The summed E-state index contributed by atoms with van der Waals surface area (Å²) in [6.07, 6.45) is 4.18. The van der Waals surface area contributed by atoms with Crippen LogP contribution in [0.3, 0.4) is 0 Å². The van der Waals surface area contributed by atoms with Crippen LogP contribution in [0.25, 0.3) is 0 Å². The Labute approximate surface area is 116 Å². The number of aryl methyl sites for hydroxylation is 1. The average Bonchev–Trinajstić information content (AvgIpc) is 2.71. The van der Waals surface area contributed by atoms with Crippen LogP contribution >= 0.6 is 0 Å². The molecular formula is C13H16BFN2O3. The van der Waals surface area contributed by atoms with Gasteiger partial charge in [0, 0.05) is 18.9 Å². The second kappa shape index (κ2) is 6.07. The predicted octanol–water partition coefficient (Wildman–Crippen LogP) is -0.0730. The van der Waals surface area contributed by atoms with E-state index < -0.39 is 12.9 Å². The van der Waals surface area contributed by atoms with Gasteiger partial charge in [0.1, 0.15) is 5.82 Å². The highest BCUT2D eigenvalue weighted by Crippen LogP contribution is 2.04. The lowest BCUT2D eigenvalue weighted by Gasteiger charge is -2.06. The molecule has 0 aliphatic heterocycles. The summed E-state index contributed by atoms with van der Waals surface area (Å²) in [5.74, 6) is -0.563. The van der Waals surface area contributed by atoms with E-state index in [4.69, 9.17) is 10.0 Å². The molecule has 1 aromatic carbocycles. The van der Waals surface area contributed by atoms with E-state index in [1.165, 1.54) is 16.7 Å². The molecule has 0 aliphatic rings. The van der Waals surface area contributed by atoms with Gasteiger partial charge in [-0.1, -0.05) is 13.0 Å². The van der Waals surface area contributed by atoms with Crippen LogP contribution in [-0.2, 0) is 13.1 Å². The van der Waals surface area contributed by atoms with Gasteiger partial charge in [0.05, 0.1) is 6.54 Å². The van der Waals surface area contributed by atoms with Crippen molar-refractivity contribution in [2.24, 2.45) is 0 Å². The first kappa shape index (κ1) is 14.6. The van der Waals surface area contributed by atoms with Crippen molar-refractivity contribution in [2.75, 3.05) is 0 Å². The van der Waals surface area contributed by atoms with Gasteiger partial charge in [0.25, 0.3) is 0 Å². The number of hydrogen-bond donors (Lipinski definition) is 2. The largest absolute Gasteiger partial charge is 0.488 e. The molecule has 0 spiro atoms. The Morgan fingerprint density at radius 2 is 1.90 bits per heavy atom. The molecule has 2 aromatic rings. The summed E-state index contributed by atoms with van der Waals surface area (Å²) >= 11 is 0. The fourth-order valence-electron chi connectivity index (χ4n) is 2.10. The fourth-order valence-corrected chi connectivity index (χ4v) is 2.10. The third kappa shape index (κ3) is 3.18. The van der Waals surface area contributed by atoms with E-state index in [0.717, 1.165) is 12.5 Å². The number of halogens is 1. The molecule has 0 bridgehead atoms. The first-order valence-corrected chi connectivity index (χ1v) is 6.42. The highest BCUT2D eigenvalue weighted by atomic mass is 19.1. The Morgan fingerprint density at radius 3 is 2.55 bits per heavy atom. The maximum atomic E-state index is 13.4. The van der Waals surface area contributed by atoms with Gasteiger partial charge in [0.2, 0.25) is 0 Å². The number of benzene rings is 1. The summed E-state index contributed by atoms with van der Waals surface area (Å²) in [5.41, 5.74) is 0.410. The van der Waals surface area contributed by atoms with Crippen LogP contribution in [0.2, 0.25) is 0 Å². The van der Waals surface area contributed by atoms with E-state index in [-0.39, 0.29) is 17.7 Å². The summed E-state index contributed by atoms with van der Waals surface area (Å²) in [5, 5.41) is 18.2. The van der Waals surface area contributed by atoms with Crippen LogP contribution < -0.4 is 11.2 Å². The van der Waals surface area contributed by atoms with Gasteiger partial charge in [-0.3, -0.25) is 9.13 Å². The lowest BCUT2D eigenvalue weighted by molar-refractivity contribution is 0.425. The first-order chi connectivity index (χ1) is 9.51. The molecule has 0 radical (unpaired) electrons. The molecule has 0 saturated heterocycles. The van der Waals surface area contributed by atoms with Gasteiger partial charge in [0.15, 0.2) is 0 Å². The van der Waals surface area contributed by atoms with Gasteiger partial charge in [-0.05, 0) is 29.6 Å². The summed E-state index contributed by atoms with van der Waals surface area (Å²) in [7, 11) is -1.73.